The van der Waals surface area contributed by atoms with Gasteiger partial charge in [-0.3, -0.25) is 0 Å². The lowest BCUT2D eigenvalue weighted by Crippen LogP contribution is -2.40. The van der Waals surface area contributed by atoms with Gasteiger partial charge in [0.15, 0.2) is 23.2 Å². The molecule has 1 aromatic carbocycles. The number of ether oxygens (including phenoxy) is 1. The van der Waals surface area contributed by atoms with Crippen molar-refractivity contribution < 1.29 is 13.5 Å². The van der Waals surface area contributed by atoms with Crippen molar-refractivity contribution in [3.8, 4) is 5.75 Å². The van der Waals surface area contributed by atoms with E-state index >= 15 is 0 Å². The lowest BCUT2D eigenvalue weighted by Gasteiger charge is -2.35. The molecule has 3 heterocycles. The number of rotatable bonds is 5. The van der Waals surface area contributed by atoms with Crippen molar-refractivity contribution in [3.63, 3.8) is 0 Å². The van der Waals surface area contributed by atoms with Gasteiger partial charge in [0, 0.05) is 57.5 Å². The molecule has 2 aromatic rings. The van der Waals surface area contributed by atoms with Crippen LogP contribution in [0.15, 0.2) is 18.2 Å². The van der Waals surface area contributed by atoms with Crippen LogP contribution < -0.4 is 15.0 Å². The van der Waals surface area contributed by atoms with Crippen LogP contribution in [0.1, 0.15) is 38.1 Å². The molecule has 0 radical (unpaired) electrons. The molecule has 0 aliphatic carbocycles. The van der Waals surface area contributed by atoms with Gasteiger partial charge in [0.2, 0.25) is 0 Å². The van der Waals surface area contributed by atoms with Gasteiger partial charge in [-0.1, -0.05) is 0 Å². The lowest BCUT2D eigenvalue weighted by molar-refractivity contribution is 0.163. The standard InChI is InChI=1S/C22H29F2N5O/c1-14(2)25-21-22(27-18-8-9-28(3)13-19(18)26-21)29-10-6-16(7-11-29)30-20-5-4-15(23)12-17(20)24/h4-5,12,14,16H,6-11,13H2,1-3H3,(H,25,26). The maximum Gasteiger partial charge on any atom is 0.172 e. The van der Waals surface area contributed by atoms with Crippen LogP contribution in [0.4, 0.5) is 20.4 Å². The monoisotopic (exact) mass is 417 g/mol. The van der Waals surface area contributed by atoms with Crippen molar-refractivity contribution in [1.29, 1.82) is 0 Å². The van der Waals surface area contributed by atoms with E-state index in [0.717, 1.165) is 74.5 Å². The molecule has 0 unspecified atom stereocenters. The molecule has 4 rings (SSSR count). The van der Waals surface area contributed by atoms with E-state index in [0.29, 0.717) is 0 Å². The summed E-state index contributed by atoms with van der Waals surface area (Å²) in [5, 5.41) is 3.45. The highest BCUT2D eigenvalue weighted by atomic mass is 19.1. The Morgan fingerprint density at radius 3 is 2.57 bits per heavy atom. The summed E-state index contributed by atoms with van der Waals surface area (Å²) < 4.78 is 32.8. The highest BCUT2D eigenvalue weighted by Crippen LogP contribution is 2.30. The molecule has 1 aromatic heterocycles. The Hall–Kier alpha value is -2.48. The SMILES string of the molecule is CC(C)Nc1nc2c(nc1N1CCC(Oc3ccc(F)cc3F)CC1)CCN(C)C2. The second-order valence-electron chi connectivity index (χ2n) is 8.46. The molecule has 6 nitrogen and oxygen atoms in total. The molecule has 0 atom stereocenters. The number of fused-ring (bicyclic) bond motifs is 1. The van der Waals surface area contributed by atoms with Crippen molar-refractivity contribution in [2.24, 2.45) is 0 Å². The molecule has 1 fully saturated rings. The predicted molar refractivity (Wildman–Crippen MR) is 113 cm³/mol. The molecule has 162 valence electrons. The van der Waals surface area contributed by atoms with E-state index in [9.17, 15) is 8.78 Å². The predicted octanol–water partition coefficient (Wildman–Crippen LogP) is 3.61. The highest BCUT2D eigenvalue weighted by molar-refractivity contribution is 5.62. The first-order valence-electron chi connectivity index (χ1n) is 10.6. The van der Waals surface area contributed by atoms with Gasteiger partial charge in [0.25, 0.3) is 0 Å². The molecule has 0 saturated carbocycles. The van der Waals surface area contributed by atoms with Gasteiger partial charge < -0.3 is 19.9 Å². The van der Waals surface area contributed by atoms with E-state index in [1.807, 2.05) is 0 Å². The summed E-state index contributed by atoms with van der Waals surface area (Å²) >= 11 is 0. The fraction of sp³-hybridized carbons (Fsp3) is 0.545. The first-order valence-corrected chi connectivity index (χ1v) is 10.6. The van der Waals surface area contributed by atoms with Crippen LogP contribution in [0.2, 0.25) is 0 Å². The van der Waals surface area contributed by atoms with E-state index in [1.54, 1.807) is 0 Å². The minimum Gasteiger partial charge on any atom is -0.487 e. The maximum atomic E-state index is 13.9. The number of nitrogens with one attached hydrogen (secondary N) is 1. The van der Waals surface area contributed by atoms with Gasteiger partial charge in [0.05, 0.1) is 11.4 Å². The van der Waals surface area contributed by atoms with E-state index in [2.05, 4.69) is 36.0 Å². The Bertz CT molecular complexity index is 899. The lowest BCUT2D eigenvalue weighted by atomic mass is 10.1. The number of aromatic nitrogens is 2. The second kappa shape index (κ2) is 8.71. The van der Waals surface area contributed by atoms with Gasteiger partial charge >= 0.3 is 0 Å². The third-order valence-corrected chi connectivity index (χ3v) is 5.54. The molecule has 0 amide bonds. The molecule has 2 aliphatic rings. The molecule has 0 spiro atoms. The fourth-order valence-electron chi connectivity index (χ4n) is 3.98. The van der Waals surface area contributed by atoms with Crippen LogP contribution in [0.3, 0.4) is 0 Å². The van der Waals surface area contributed by atoms with Crippen molar-refractivity contribution in [2.75, 3.05) is 36.9 Å². The van der Waals surface area contributed by atoms with Gasteiger partial charge in [-0.2, -0.15) is 0 Å². The molecular weight excluding hydrogens is 388 g/mol. The molecular formula is C22H29F2N5O. The van der Waals surface area contributed by atoms with Gasteiger partial charge in [-0.25, -0.2) is 18.7 Å². The number of benzene rings is 1. The molecule has 8 heteroatoms. The van der Waals surface area contributed by atoms with Crippen LogP contribution >= 0.6 is 0 Å². The van der Waals surface area contributed by atoms with Gasteiger partial charge in [-0.05, 0) is 33.0 Å². The summed E-state index contributed by atoms with van der Waals surface area (Å²) in [4.78, 5) is 14.4. The maximum absolute atomic E-state index is 13.9. The van der Waals surface area contributed by atoms with Crippen molar-refractivity contribution >= 4 is 11.6 Å². The minimum absolute atomic E-state index is 0.106. The van der Waals surface area contributed by atoms with E-state index in [1.165, 1.54) is 12.1 Å². The van der Waals surface area contributed by atoms with Crippen molar-refractivity contribution in [2.45, 2.75) is 51.8 Å². The summed E-state index contributed by atoms with van der Waals surface area (Å²) in [6, 6.07) is 3.68. The molecule has 30 heavy (non-hydrogen) atoms. The minimum atomic E-state index is -0.661. The summed E-state index contributed by atoms with van der Waals surface area (Å²) in [6.45, 7) is 7.47. The molecule has 1 N–H and O–H groups in total. The smallest absolute Gasteiger partial charge is 0.172 e. The highest BCUT2D eigenvalue weighted by Gasteiger charge is 2.27. The van der Waals surface area contributed by atoms with Gasteiger partial charge in [0.1, 0.15) is 11.9 Å². The van der Waals surface area contributed by atoms with Crippen molar-refractivity contribution in [3.05, 3.63) is 41.2 Å². The summed E-state index contributed by atoms with van der Waals surface area (Å²) in [7, 11) is 2.10. The van der Waals surface area contributed by atoms with E-state index in [-0.39, 0.29) is 17.9 Å². The van der Waals surface area contributed by atoms with Crippen LogP contribution in [-0.4, -0.2) is 53.7 Å². The summed E-state index contributed by atoms with van der Waals surface area (Å²) in [6.07, 6.45) is 2.26. The number of hydrogen-bond donors (Lipinski definition) is 1. The first kappa shape index (κ1) is 20.8. The number of likely N-dealkylation sites (N-methyl/N-ethyl adjacent to an activating group) is 1. The number of piperidine rings is 1. The zero-order valence-corrected chi connectivity index (χ0v) is 17.8. The van der Waals surface area contributed by atoms with Gasteiger partial charge in [-0.15, -0.1) is 0 Å². The summed E-state index contributed by atoms with van der Waals surface area (Å²) in [5.41, 5.74) is 2.12. The van der Waals surface area contributed by atoms with E-state index < -0.39 is 11.6 Å². The number of halogens is 2. The van der Waals surface area contributed by atoms with Crippen molar-refractivity contribution in [1.82, 2.24) is 14.9 Å². The zero-order chi connectivity index (χ0) is 21.3. The number of hydrogen-bond acceptors (Lipinski definition) is 6. The fourth-order valence-corrected chi connectivity index (χ4v) is 3.98. The average Bonchev–Trinajstić information content (AvgIpc) is 2.70. The molecule has 2 aliphatic heterocycles. The Morgan fingerprint density at radius 2 is 1.87 bits per heavy atom. The van der Waals surface area contributed by atoms with E-state index in [4.69, 9.17) is 14.7 Å². The Morgan fingerprint density at radius 1 is 1.10 bits per heavy atom. The largest absolute Gasteiger partial charge is 0.487 e. The van der Waals surface area contributed by atoms with Crippen LogP contribution in [-0.2, 0) is 13.0 Å². The third-order valence-electron chi connectivity index (χ3n) is 5.54. The average molecular weight is 418 g/mol. The first-order chi connectivity index (χ1) is 14.4. The number of anilines is 2. The van der Waals surface area contributed by atoms with Crippen LogP contribution in [0.25, 0.3) is 0 Å². The number of nitrogens with zero attached hydrogens (tertiary/aromatic N) is 4. The quantitative estimate of drug-likeness (QED) is 0.802. The van der Waals surface area contributed by atoms with Crippen LogP contribution in [0.5, 0.6) is 5.75 Å². The molecule has 1 saturated heterocycles. The normalized spacial score (nSPS) is 17.9. The zero-order valence-electron chi connectivity index (χ0n) is 17.8. The second-order valence-corrected chi connectivity index (χ2v) is 8.46. The van der Waals surface area contributed by atoms with Crippen LogP contribution in [0, 0.1) is 11.6 Å². The topological polar surface area (TPSA) is 53.5 Å². The molecule has 0 bridgehead atoms. The Labute approximate surface area is 176 Å². The Balaban J connectivity index is 1.48. The third kappa shape index (κ3) is 4.64. The summed E-state index contributed by atoms with van der Waals surface area (Å²) in [5.74, 6) is 0.555. The Kier molecular flexibility index (Phi) is 6.04.